The highest BCUT2D eigenvalue weighted by molar-refractivity contribution is 7.92. The number of para-hydroxylation sites is 1. The molecule has 1 fully saturated rings. The maximum atomic E-state index is 13.0. The van der Waals surface area contributed by atoms with Gasteiger partial charge in [0.05, 0.1) is 5.69 Å². The Morgan fingerprint density at radius 3 is 2.46 bits per heavy atom. The Morgan fingerprint density at radius 1 is 1.15 bits per heavy atom. The molecule has 0 amide bonds. The predicted molar refractivity (Wildman–Crippen MR) is 106 cm³/mol. The molecule has 1 aromatic heterocycles. The number of hydrogen-bond acceptors (Lipinski definition) is 4. The van der Waals surface area contributed by atoms with Crippen LogP contribution in [0.5, 0.6) is 0 Å². The minimum absolute atomic E-state index is 0.225. The summed E-state index contributed by atoms with van der Waals surface area (Å²) in [6.45, 7) is 8.63. The van der Waals surface area contributed by atoms with Crippen LogP contribution in [0.1, 0.15) is 33.6 Å². The fourth-order valence-corrected chi connectivity index (χ4v) is 4.96. The van der Waals surface area contributed by atoms with Gasteiger partial charge in [0.25, 0.3) is 10.0 Å². The lowest BCUT2D eigenvalue weighted by molar-refractivity contribution is 0.292. The van der Waals surface area contributed by atoms with Gasteiger partial charge >= 0.3 is 0 Å². The summed E-state index contributed by atoms with van der Waals surface area (Å²) in [6.07, 6.45) is 3.82. The molecule has 0 saturated carbocycles. The molecule has 0 unspecified atom stereocenters. The quantitative estimate of drug-likeness (QED) is 0.797. The van der Waals surface area contributed by atoms with E-state index in [1.807, 2.05) is 31.2 Å². The standard InChI is InChI=1S/C20H27N3O2S/c1-4-23(17-9-6-5-7-10-17)26(24,25)18-11-12-19(21-15-18)22-14-8-13-20(2,3)16-22/h5-7,9-12,15H,4,8,13-14,16H2,1-3H3. The molecule has 5 nitrogen and oxygen atoms in total. The summed E-state index contributed by atoms with van der Waals surface area (Å²) in [6, 6.07) is 12.7. The molecule has 6 heteroatoms. The number of hydrogen-bond donors (Lipinski definition) is 0. The minimum Gasteiger partial charge on any atom is -0.356 e. The Labute approximate surface area is 156 Å². The Morgan fingerprint density at radius 2 is 1.88 bits per heavy atom. The maximum absolute atomic E-state index is 13.0. The zero-order valence-corrected chi connectivity index (χ0v) is 16.5. The summed E-state index contributed by atoms with van der Waals surface area (Å²) < 4.78 is 27.5. The molecule has 140 valence electrons. The Balaban J connectivity index is 1.85. The second kappa shape index (κ2) is 7.27. The second-order valence-electron chi connectivity index (χ2n) is 7.55. The third-order valence-electron chi connectivity index (χ3n) is 4.86. The SMILES string of the molecule is CCN(c1ccccc1)S(=O)(=O)c1ccc(N2CCCC(C)(C)C2)nc1. The summed E-state index contributed by atoms with van der Waals surface area (Å²) in [5, 5.41) is 0. The molecule has 0 N–H and O–H groups in total. The Kier molecular flexibility index (Phi) is 5.23. The van der Waals surface area contributed by atoms with Gasteiger partial charge in [-0.15, -0.1) is 0 Å². The summed E-state index contributed by atoms with van der Waals surface area (Å²) >= 11 is 0. The van der Waals surface area contributed by atoms with Crippen LogP contribution >= 0.6 is 0 Å². The Bertz CT molecular complexity index is 833. The maximum Gasteiger partial charge on any atom is 0.265 e. The average molecular weight is 374 g/mol. The summed E-state index contributed by atoms with van der Waals surface area (Å²) in [5.41, 5.74) is 0.925. The van der Waals surface area contributed by atoms with E-state index in [9.17, 15) is 8.42 Å². The first kappa shape index (κ1) is 18.7. The monoisotopic (exact) mass is 373 g/mol. The molecule has 2 aromatic rings. The largest absolute Gasteiger partial charge is 0.356 e. The van der Waals surface area contributed by atoms with E-state index in [1.165, 1.54) is 16.9 Å². The zero-order valence-electron chi connectivity index (χ0n) is 15.7. The van der Waals surface area contributed by atoms with Crippen molar-refractivity contribution in [1.82, 2.24) is 4.98 Å². The van der Waals surface area contributed by atoms with E-state index in [2.05, 4.69) is 23.7 Å². The highest BCUT2D eigenvalue weighted by atomic mass is 32.2. The van der Waals surface area contributed by atoms with Gasteiger partial charge in [0.1, 0.15) is 10.7 Å². The molecule has 0 spiro atoms. The van der Waals surface area contributed by atoms with Crippen LogP contribution in [-0.4, -0.2) is 33.0 Å². The van der Waals surface area contributed by atoms with E-state index in [4.69, 9.17) is 0 Å². The normalized spacial score (nSPS) is 17.1. The number of benzene rings is 1. The van der Waals surface area contributed by atoms with Crippen LogP contribution in [0.25, 0.3) is 0 Å². The summed E-state index contributed by atoms with van der Waals surface area (Å²) in [7, 11) is -3.62. The highest BCUT2D eigenvalue weighted by Gasteiger charge is 2.28. The van der Waals surface area contributed by atoms with Gasteiger partial charge in [-0.2, -0.15) is 0 Å². The summed E-state index contributed by atoms with van der Waals surface area (Å²) in [5.74, 6) is 0.847. The van der Waals surface area contributed by atoms with Gasteiger partial charge in [-0.05, 0) is 49.4 Å². The smallest absolute Gasteiger partial charge is 0.265 e. The topological polar surface area (TPSA) is 53.5 Å². The molecule has 1 aliphatic rings. The lowest BCUT2D eigenvalue weighted by Gasteiger charge is -2.38. The second-order valence-corrected chi connectivity index (χ2v) is 9.41. The van der Waals surface area contributed by atoms with E-state index in [0.29, 0.717) is 12.2 Å². The van der Waals surface area contributed by atoms with Gasteiger partial charge in [0.2, 0.25) is 0 Å². The number of aromatic nitrogens is 1. The van der Waals surface area contributed by atoms with Gasteiger partial charge < -0.3 is 4.90 Å². The van der Waals surface area contributed by atoms with Crippen LogP contribution in [-0.2, 0) is 10.0 Å². The molecule has 26 heavy (non-hydrogen) atoms. The number of sulfonamides is 1. The molecule has 1 aromatic carbocycles. The third-order valence-corrected chi connectivity index (χ3v) is 6.75. The first-order valence-electron chi connectivity index (χ1n) is 9.12. The van der Waals surface area contributed by atoms with E-state index < -0.39 is 10.0 Å². The van der Waals surface area contributed by atoms with E-state index in [0.717, 1.165) is 25.3 Å². The highest BCUT2D eigenvalue weighted by Crippen LogP contribution is 2.31. The van der Waals surface area contributed by atoms with Crippen molar-refractivity contribution in [1.29, 1.82) is 0 Å². The molecular formula is C20H27N3O2S. The van der Waals surface area contributed by atoms with Gasteiger partial charge in [-0.25, -0.2) is 13.4 Å². The fraction of sp³-hybridized carbons (Fsp3) is 0.450. The van der Waals surface area contributed by atoms with E-state index >= 15 is 0 Å². The molecule has 2 heterocycles. The van der Waals surface area contributed by atoms with Gasteiger partial charge in [-0.3, -0.25) is 4.31 Å². The first-order chi connectivity index (χ1) is 12.3. The molecular weight excluding hydrogens is 346 g/mol. The lowest BCUT2D eigenvalue weighted by atomic mass is 9.84. The van der Waals surface area contributed by atoms with Crippen LogP contribution in [0.4, 0.5) is 11.5 Å². The van der Waals surface area contributed by atoms with E-state index in [-0.39, 0.29) is 10.3 Å². The van der Waals surface area contributed by atoms with Crippen molar-refractivity contribution in [3.8, 4) is 0 Å². The van der Waals surface area contributed by atoms with E-state index in [1.54, 1.807) is 18.2 Å². The molecule has 1 aliphatic heterocycles. The fourth-order valence-electron chi connectivity index (χ4n) is 3.54. The molecule has 0 bridgehead atoms. The van der Waals surface area contributed by atoms with Crippen molar-refractivity contribution in [2.24, 2.45) is 5.41 Å². The Hall–Kier alpha value is -2.08. The van der Waals surface area contributed by atoms with Gasteiger partial charge in [0.15, 0.2) is 0 Å². The molecule has 0 radical (unpaired) electrons. The van der Waals surface area contributed by atoms with Crippen LogP contribution in [0.15, 0.2) is 53.6 Å². The van der Waals surface area contributed by atoms with Gasteiger partial charge in [0, 0.05) is 25.8 Å². The third kappa shape index (κ3) is 3.85. The number of rotatable bonds is 5. The lowest BCUT2D eigenvalue weighted by Crippen LogP contribution is -2.40. The number of pyridine rings is 1. The molecule has 0 atom stereocenters. The molecule has 0 aliphatic carbocycles. The molecule has 1 saturated heterocycles. The average Bonchev–Trinajstić information content (AvgIpc) is 2.62. The van der Waals surface area contributed by atoms with Crippen molar-refractivity contribution >= 4 is 21.5 Å². The van der Waals surface area contributed by atoms with Crippen molar-refractivity contribution in [2.75, 3.05) is 28.8 Å². The van der Waals surface area contributed by atoms with Crippen molar-refractivity contribution < 1.29 is 8.42 Å². The van der Waals surface area contributed by atoms with Crippen molar-refractivity contribution in [2.45, 2.75) is 38.5 Å². The van der Waals surface area contributed by atoms with Crippen molar-refractivity contribution in [3.63, 3.8) is 0 Å². The van der Waals surface area contributed by atoms with Gasteiger partial charge in [-0.1, -0.05) is 32.0 Å². The predicted octanol–water partition coefficient (Wildman–Crippen LogP) is 3.92. The van der Waals surface area contributed by atoms with Crippen LogP contribution in [0, 0.1) is 5.41 Å². The van der Waals surface area contributed by atoms with Crippen molar-refractivity contribution in [3.05, 3.63) is 48.7 Å². The number of nitrogens with zero attached hydrogens (tertiary/aromatic N) is 3. The molecule has 3 rings (SSSR count). The zero-order chi connectivity index (χ0) is 18.8. The first-order valence-corrected chi connectivity index (χ1v) is 10.6. The minimum atomic E-state index is -3.62. The summed E-state index contributed by atoms with van der Waals surface area (Å²) in [4.78, 5) is 6.93. The number of anilines is 2. The van der Waals surface area contributed by atoms with Crippen LogP contribution < -0.4 is 9.21 Å². The van der Waals surface area contributed by atoms with Crippen LogP contribution in [0.2, 0.25) is 0 Å². The number of piperidine rings is 1. The van der Waals surface area contributed by atoms with Crippen LogP contribution in [0.3, 0.4) is 0 Å².